The van der Waals surface area contributed by atoms with E-state index in [-0.39, 0.29) is 11.8 Å². The Morgan fingerprint density at radius 1 is 1.28 bits per heavy atom. The normalized spacial score (nSPS) is 25.7. The SMILES string of the molecule is CCCCC(CC)CNC(=O)C1CCC(N)CC1. The van der Waals surface area contributed by atoms with E-state index >= 15 is 0 Å². The van der Waals surface area contributed by atoms with Crippen molar-refractivity contribution in [2.45, 2.75) is 71.3 Å². The van der Waals surface area contributed by atoms with E-state index in [4.69, 9.17) is 5.73 Å². The zero-order valence-corrected chi connectivity index (χ0v) is 12.1. The molecule has 3 N–H and O–H groups in total. The fourth-order valence-corrected chi connectivity index (χ4v) is 2.71. The molecular formula is C15H30N2O. The van der Waals surface area contributed by atoms with Gasteiger partial charge in [0, 0.05) is 18.5 Å². The molecule has 0 aromatic heterocycles. The molecule has 1 fully saturated rings. The molecule has 0 aromatic carbocycles. The molecule has 0 aliphatic heterocycles. The highest BCUT2D eigenvalue weighted by atomic mass is 16.1. The third-order valence-electron chi connectivity index (χ3n) is 4.25. The maximum absolute atomic E-state index is 12.0. The topological polar surface area (TPSA) is 55.1 Å². The second-order valence-corrected chi connectivity index (χ2v) is 5.77. The van der Waals surface area contributed by atoms with Crippen LogP contribution in [0.4, 0.5) is 0 Å². The van der Waals surface area contributed by atoms with E-state index in [0.29, 0.717) is 12.0 Å². The van der Waals surface area contributed by atoms with Gasteiger partial charge in [0.2, 0.25) is 5.91 Å². The molecule has 0 saturated heterocycles. The number of nitrogens with one attached hydrogen (secondary N) is 1. The Morgan fingerprint density at radius 3 is 2.50 bits per heavy atom. The molecule has 1 aliphatic rings. The fourth-order valence-electron chi connectivity index (χ4n) is 2.71. The van der Waals surface area contributed by atoms with Crippen molar-refractivity contribution < 1.29 is 4.79 Å². The first kappa shape index (κ1) is 15.5. The van der Waals surface area contributed by atoms with E-state index < -0.39 is 0 Å². The first-order chi connectivity index (χ1) is 8.67. The van der Waals surface area contributed by atoms with Gasteiger partial charge < -0.3 is 11.1 Å². The highest BCUT2D eigenvalue weighted by Crippen LogP contribution is 2.23. The Bertz CT molecular complexity index is 235. The van der Waals surface area contributed by atoms with Crippen LogP contribution in [0.5, 0.6) is 0 Å². The third kappa shape index (κ3) is 5.38. The summed E-state index contributed by atoms with van der Waals surface area (Å²) < 4.78 is 0. The number of carbonyl (C=O) groups excluding carboxylic acids is 1. The van der Waals surface area contributed by atoms with Crippen molar-refractivity contribution in [3.8, 4) is 0 Å². The minimum Gasteiger partial charge on any atom is -0.356 e. The lowest BCUT2D eigenvalue weighted by molar-refractivity contribution is -0.126. The van der Waals surface area contributed by atoms with Gasteiger partial charge in [-0.1, -0.05) is 33.1 Å². The van der Waals surface area contributed by atoms with Gasteiger partial charge in [-0.2, -0.15) is 0 Å². The average Bonchev–Trinajstić information content (AvgIpc) is 2.39. The van der Waals surface area contributed by atoms with Crippen LogP contribution < -0.4 is 11.1 Å². The summed E-state index contributed by atoms with van der Waals surface area (Å²) in [6, 6.07) is 0.321. The maximum Gasteiger partial charge on any atom is 0.223 e. The van der Waals surface area contributed by atoms with Gasteiger partial charge in [-0.3, -0.25) is 4.79 Å². The van der Waals surface area contributed by atoms with Crippen LogP contribution in [0.1, 0.15) is 65.2 Å². The van der Waals surface area contributed by atoms with Gasteiger partial charge in [-0.05, 0) is 38.0 Å². The largest absolute Gasteiger partial charge is 0.356 e. The molecule has 0 radical (unpaired) electrons. The summed E-state index contributed by atoms with van der Waals surface area (Å²) in [4.78, 5) is 12.0. The van der Waals surface area contributed by atoms with Crippen molar-refractivity contribution in [1.82, 2.24) is 5.32 Å². The van der Waals surface area contributed by atoms with Crippen LogP contribution in [0.3, 0.4) is 0 Å². The number of amides is 1. The highest BCUT2D eigenvalue weighted by molar-refractivity contribution is 5.78. The second kappa shape index (κ2) is 8.52. The summed E-state index contributed by atoms with van der Waals surface area (Å²) in [6.45, 7) is 5.29. The molecule has 1 saturated carbocycles. The van der Waals surface area contributed by atoms with Gasteiger partial charge in [0.1, 0.15) is 0 Å². The predicted molar refractivity (Wildman–Crippen MR) is 76.2 cm³/mol. The molecule has 0 spiro atoms. The zero-order chi connectivity index (χ0) is 13.4. The quantitative estimate of drug-likeness (QED) is 0.734. The van der Waals surface area contributed by atoms with Crippen molar-refractivity contribution in [3.05, 3.63) is 0 Å². The van der Waals surface area contributed by atoms with Crippen LogP contribution in [0.2, 0.25) is 0 Å². The third-order valence-corrected chi connectivity index (χ3v) is 4.25. The molecule has 0 bridgehead atoms. The van der Waals surface area contributed by atoms with Crippen molar-refractivity contribution in [2.75, 3.05) is 6.54 Å². The molecule has 1 amide bonds. The van der Waals surface area contributed by atoms with E-state index in [0.717, 1.165) is 38.6 Å². The Kier molecular flexibility index (Phi) is 7.33. The summed E-state index contributed by atoms with van der Waals surface area (Å²) in [6.07, 6.45) is 8.87. The van der Waals surface area contributed by atoms with Crippen LogP contribution in [0, 0.1) is 11.8 Å². The molecule has 106 valence electrons. The maximum atomic E-state index is 12.0. The molecule has 1 atom stereocenters. The van der Waals surface area contributed by atoms with Crippen molar-refractivity contribution in [3.63, 3.8) is 0 Å². The van der Waals surface area contributed by atoms with E-state index in [1.807, 2.05) is 0 Å². The lowest BCUT2D eigenvalue weighted by Gasteiger charge is -2.26. The minimum atomic E-state index is 0.216. The van der Waals surface area contributed by atoms with Gasteiger partial charge in [0.05, 0.1) is 0 Å². The minimum absolute atomic E-state index is 0.216. The number of hydrogen-bond donors (Lipinski definition) is 2. The summed E-state index contributed by atoms with van der Waals surface area (Å²) in [7, 11) is 0. The monoisotopic (exact) mass is 254 g/mol. The van der Waals surface area contributed by atoms with E-state index in [1.54, 1.807) is 0 Å². The van der Waals surface area contributed by atoms with Crippen LogP contribution in [0.15, 0.2) is 0 Å². The van der Waals surface area contributed by atoms with Crippen molar-refractivity contribution in [1.29, 1.82) is 0 Å². The standard InChI is InChI=1S/C15H30N2O/c1-3-5-6-12(4-2)11-17-15(18)13-7-9-14(16)10-8-13/h12-14H,3-11,16H2,1-2H3,(H,17,18). The molecule has 18 heavy (non-hydrogen) atoms. The summed E-state index contributed by atoms with van der Waals surface area (Å²) >= 11 is 0. The Hall–Kier alpha value is -0.570. The van der Waals surface area contributed by atoms with E-state index in [2.05, 4.69) is 19.2 Å². The van der Waals surface area contributed by atoms with Gasteiger partial charge in [-0.25, -0.2) is 0 Å². The first-order valence-electron chi connectivity index (χ1n) is 7.70. The number of nitrogens with two attached hydrogens (primary N) is 1. The fraction of sp³-hybridized carbons (Fsp3) is 0.933. The average molecular weight is 254 g/mol. The first-order valence-corrected chi connectivity index (χ1v) is 7.70. The lowest BCUT2D eigenvalue weighted by atomic mass is 9.86. The van der Waals surface area contributed by atoms with Crippen LogP contribution in [-0.2, 0) is 4.79 Å². The van der Waals surface area contributed by atoms with Gasteiger partial charge in [0.25, 0.3) is 0 Å². The second-order valence-electron chi connectivity index (χ2n) is 5.77. The van der Waals surface area contributed by atoms with Gasteiger partial charge in [-0.15, -0.1) is 0 Å². The van der Waals surface area contributed by atoms with Gasteiger partial charge >= 0.3 is 0 Å². The molecular weight excluding hydrogens is 224 g/mol. The summed E-state index contributed by atoms with van der Waals surface area (Å²) in [5, 5.41) is 3.15. The summed E-state index contributed by atoms with van der Waals surface area (Å²) in [5.41, 5.74) is 5.86. The van der Waals surface area contributed by atoms with Crippen LogP contribution >= 0.6 is 0 Å². The number of carbonyl (C=O) groups is 1. The Labute approximate surface area is 112 Å². The lowest BCUT2D eigenvalue weighted by Crippen LogP contribution is -2.38. The zero-order valence-electron chi connectivity index (χ0n) is 12.1. The summed E-state index contributed by atoms with van der Waals surface area (Å²) in [5.74, 6) is 1.13. The Balaban J connectivity index is 2.22. The predicted octanol–water partition coefficient (Wildman–Crippen LogP) is 2.84. The molecule has 1 aliphatic carbocycles. The number of rotatable bonds is 7. The molecule has 3 nitrogen and oxygen atoms in total. The van der Waals surface area contributed by atoms with Gasteiger partial charge in [0.15, 0.2) is 0 Å². The van der Waals surface area contributed by atoms with Crippen molar-refractivity contribution >= 4 is 5.91 Å². The van der Waals surface area contributed by atoms with E-state index in [9.17, 15) is 4.79 Å². The molecule has 0 heterocycles. The van der Waals surface area contributed by atoms with Crippen LogP contribution in [0.25, 0.3) is 0 Å². The molecule has 3 heteroatoms. The number of unbranched alkanes of at least 4 members (excludes halogenated alkanes) is 1. The highest BCUT2D eigenvalue weighted by Gasteiger charge is 2.24. The van der Waals surface area contributed by atoms with E-state index in [1.165, 1.54) is 19.3 Å². The number of hydrogen-bond acceptors (Lipinski definition) is 2. The molecule has 1 rings (SSSR count). The van der Waals surface area contributed by atoms with Crippen molar-refractivity contribution in [2.24, 2.45) is 17.6 Å². The Morgan fingerprint density at radius 2 is 1.94 bits per heavy atom. The smallest absolute Gasteiger partial charge is 0.223 e. The molecule has 1 unspecified atom stereocenters. The van der Waals surface area contributed by atoms with Crippen LogP contribution in [-0.4, -0.2) is 18.5 Å². The molecule has 0 aromatic rings.